The van der Waals surface area contributed by atoms with Crippen LogP contribution in [0, 0.1) is 0 Å². The summed E-state index contributed by atoms with van der Waals surface area (Å²) in [6.45, 7) is 0. The topological polar surface area (TPSA) is 260 Å². The summed E-state index contributed by atoms with van der Waals surface area (Å²) in [5.41, 5.74) is 65.1. The lowest BCUT2D eigenvalue weighted by atomic mass is 9.75. The van der Waals surface area contributed by atoms with Gasteiger partial charge in [0.05, 0.1) is 50.9 Å². The van der Waals surface area contributed by atoms with Gasteiger partial charge in [0, 0.05) is 33.6 Å². The number of nitrogens with two attached hydrogens (primary N) is 10. The van der Waals surface area contributed by atoms with Crippen LogP contribution in [0.4, 0.5) is 45.5 Å². The molecule has 0 bridgehead atoms. The van der Waals surface area contributed by atoms with Crippen molar-refractivity contribution in [1.82, 2.24) is 0 Å². The van der Waals surface area contributed by atoms with Gasteiger partial charge in [0.2, 0.25) is 0 Å². The Bertz CT molecular complexity index is 1040. The first kappa shape index (κ1) is 16.4. The summed E-state index contributed by atoms with van der Waals surface area (Å²) in [6, 6.07) is 0. The maximum Gasteiger partial charge on any atom is 0.0809 e. The molecule has 0 saturated carbocycles. The van der Waals surface area contributed by atoms with Crippen LogP contribution >= 0.6 is 0 Å². The van der Waals surface area contributed by atoms with Crippen LogP contribution in [-0.2, 0) is 5.41 Å². The first-order valence-corrected chi connectivity index (χ1v) is 8.04. The SMILES string of the molecule is NC1=CC2(C=C(N)c3c(N)c(N)c(N)c(N)c32)c2c(N)c(N)c(N)c(N)c21. The van der Waals surface area contributed by atoms with Gasteiger partial charge in [-0.05, 0) is 12.2 Å². The molecule has 0 atom stereocenters. The number of allylic oxidation sites excluding steroid dienone is 2. The van der Waals surface area contributed by atoms with Crippen molar-refractivity contribution >= 4 is 56.9 Å². The number of fused-ring (bicyclic) bond motifs is 4. The fraction of sp³-hybridized carbons (Fsp3) is 0.0588. The van der Waals surface area contributed by atoms with Crippen molar-refractivity contribution in [2.45, 2.75) is 5.41 Å². The summed E-state index contributed by atoms with van der Waals surface area (Å²) < 4.78 is 0. The van der Waals surface area contributed by atoms with Crippen molar-refractivity contribution in [3.63, 3.8) is 0 Å². The summed E-state index contributed by atoms with van der Waals surface area (Å²) in [4.78, 5) is 0. The highest BCUT2D eigenvalue weighted by Gasteiger charge is 2.48. The normalized spacial score (nSPS) is 16.1. The fourth-order valence-corrected chi connectivity index (χ4v) is 4.21. The predicted molar refractivity (Wildman–Crippen MR) is 113 cm³/mol. The van der Waals surface area contributed by atoms with Crippen LogP contribution < -0.4 is 57.3 Å². The van der Waals surface area contributed by atoms with Crippen LogP contribution in [-0.4, -0.2) is 0 Å². The standard InChI is InChI=1S/C17H22N10/c18-3-1-17(7-5(3)9(20)13(24)15(26)11(7)22)2-4(19)6-8(17)12(23)16(27)14(25)10(6)21/h1-2H,18-27H2. The van der Waals surface area contributed by atoms with Gasteiger partial charge >= 0.3 is 0 Å². The summed E-state index contributed by atoms with van der Waals surface area (Å²) in [5, 5.41) is 0. The van der Waals surface area contributed by atoms with E-state index in [1.54, 1.807) is 12.2 Å². The van der Waals surface area contributed by atoms with Crippen molar-refractivity contribution in [3.05, 3.63) is 34.4 Å². The van der Waals surface area contributed by atoms with E-state index in [1.807, 2.05) is 0 Å². The molecule has 0 fully saturated rings. The molecule has 0 saturated heterocycles. The van der Waals surface area contributed by atoms with E-state index in [0.29, 0.717) is 33.6 Å². The number of rotatable bonds is 0. The molecule has 10 heteroatoms. The zero-order valence-corrected chi connectivity index (χ0v) is 14.4. The molecule has 0 radical (unpaired) electrons. The Balaban J connectivity index is 2.23. The van der Waals surface area contributed by atoms with E-state index >= 15 is 0 Å². The number of hydrogen-bond donors (Lipinski definition) is 10. The van der Waals surface area contributed by atoms with Gasteiger partial charge in [-0.1, -0.05) is 0 Å². The van der Waals surface area contributed by atoms with E-state index in [1.165, 1.54) is 0 Å². The van der Waals surface area contributed by atoms with Crippen molar-refractivity contribution in [2.24, 2.45) is 11.5 Å². The molecule has 0 aromatic heterocycles. The van der Waals surface area contributed by atoms with Crippen molar-refractivity contribution < 1.29 is 0 Å². The Hall–Kier alpha value is -4.08. The second-order valence-corrected chi connectivity index (χ2v) is 6.88. The number of hydrogen-bond acceptors (Lipinski definition) is 10. The molecule has 0 amide bonds. The van der Waals surface area contributed by atoms with Crippen molar-refractivity contribution in [2.75, 3.05) is 45.9 Å². The molecule has 2 aromatic rings. The molecule has 2 aliphatic rings. The highest BCUT2D eigenvalue weighted by Crippen LogP contribution is 2.60. The molecule has 20 N–H and O–H groups in total. The van der Waals surface area contributed by atoms with E-state index in [0.717, 1.165) is 0 Å². The van der Waals surface area contributed by atoms with Gasteiger partial charge in [-0.3, -0.25) is 0 Å². The van der Waals surface area contributed by atoms with E-state index in [-0.39, 0.29) is 45.5 Å². The summed E-state index contributed by atoms with van der Waals surface area (Å²) in [5.74, 6) is 0. The Morgan fingerprint density at radius 2 is 0.704 bits per heavy atom. The molecule has 1 spiro atoms. The minimum atomic E-state index is -1.03. The summed E-state index contributed by atoms with van der Waals surface area (Å²) in [6.07, 6.45) is 3.49. The third kappa shape index (κ3) is 1.59. The maximum atomic E-state index is 6.33. The fourth-order valence-electron chi connectivity index (χ4n) is 4.21. The predicted octanol–water partition coefficient (Wildman–Crippen LogP) is -0.743. The van der Waals surface area contributed by atoms with Gasteiger partial charge in [0.25, 0.3) is 0 Å². The van der Waals surface area contributed by atoms with Crippen LogP contribution in [0.15, 0.2) is 12.2 Å². The third-order valence-corrected chi connectivity index (χ3v) is 5.49. The molecule has 4 rings (SSSR count). The summed E-state index contributed by atoms with van der Waals surface area (Å²) >= 11 is 0. The Labute approximate surface area is 154 Å². The van der Waals surface area contributed by atoms with Crippen LogP contribution in [0.5, 0.6) is 0 Å². The van der Waals surface area contributed by atoms with Crippen LogP contribution in [0.25, 0.3) is 11.4 Å². The van der Waals surface area contributed by atoms with E-state index in [9.17, 15) is 0 Å². The Morgan fingerprint density at radius 3 is 1.04 bits per heavy atom. The highest BCUT2D eigenvalue weighted by atomic mass is 14.8. The zero-order valence-electron chi connectivity index (χ0n) is 14.4. The molecule has 140 valence electrons. The van der Waals surface area contributed by atoms with Gasteiger partial charge < -0.3 is 57.3 Å². The molecule has 0 unspecified atom stereocenters. The van der Waals surface area contributed by atoms with Gasteiger partial charge in [-0.15, -0.1) is 0 Å². The largest absolute Gasteiger partial charge is 0.398 e. The van der Waals surface area contributed by atoms with Crippen LogP contribution in [0.2, 0.25) is 0 Å². The second-order valence-electron chi connectivity index (χ2n) is 6.88. The van der Waals surface area contributed by atoms with Crippen molar-refractivity contribution in [3.8, 4) is 0 Å². The first-order chi connectivity index (χ1) is 12.5. The molecule has 0 heterocycles. The summed E-state index contributed by atoms with van der Waals surface area (Å²) in [7, 11) is 0. The van der Waals surface area contributed by atoms with Crippen LogP contribution in [0.3, 0.4) is 0 Å². The molecule has 0 aliphatic heterocycles. The number of benzene rings is 2. The van der Waals surface area contributed by atoms with E-state index < -0.39 is 5.41 Å². The molecule has 27 heavy (non-hydrogen) atoms. The quantitative estimate of drug-likeness (QED) is 0.261. The number of anilines is 8. The number of nitrogen functional groups attached to an aromatic ring is 8. The highest BCUT2D eigenvalue weighted by molar-refractivity contribution is 6.07. The second kappa shape index (κ2) is 4.55. The zero-order chi connectivity index (χ0) is 20.0. The van der Waals surface area contributed by atoms with Gasteiger partial charge in [-0.25, -0.2) is 0 Å². The minimum absolute atomic E-state index is 0.157. The van der Waals surface area contributed by atoms with E-state index in [4.69, 9.17) is 57.3 Å². The maximum absolute atomic E-state index is 6.33. The van der Waals surface area contributed by atoms with E-state index in [2.05, 4.69) is 0 Å². The minimum Gasteiger partial charge on any atom is -0.398 e. The molecule has 10 nitrogen and oxygen atoms in total. The third-order valence-electron chi connectivity index (χ3n) is 5.49. The van der Waals surface area contributed by atoms with Gasteiger partial charge in [0.15, 0.2) is 0 Å². The average Bonchev–Trinajstić information content (AvgIpc) is 3.07. The molecular weight excluding hydrogens is 344 g/mol. The lowest BCUT2D eigenvalue weighted by molar-refractivity contribution is 0.858. The molecular formula is C17H22N10. The lowest BCUT2D eigenvalue weighted by Gasteiger charge is -2.29. The lowest BCUT2D eigenvalue weighted by Crippen LogP contribution is -2.25. The average molecular weight is 366 g/mol. The van der Waals surface area contributed by atoms with Crippen molar-refractivity contribution in [1.29, 1.82) is 0 Å². The van der Waals surface area contributed by atoms with Gasteiger partial charge in [-0.2, -0.15) is 0 Å². The molecule has 2 aliphatic carbocycles. The van der Waals surface area contributed by atoms with Gasteiger partial charge in [0.1, 0.15) is 0 Å². The molecule has 2 aromatic carbocycles. The Morgan fingerprint density at radius 1 is 0.407 bits per heavy atom. The monoisotopic (exact) mass is 366 g/mol. The Kier molecular flexibility index (Phi) is 2.76. The first-order valence-electron chi connectivity index (χ1n) is 8.04. The smallest absolute Gasteiger partial charge is 0.0809 e. The van der Waals surface area contributed by atoms with Crippen LogP contribution in [0.1, 0.15) is 22.3 Å².